The number of ether oxygens (including phenoxy) is 1. The molecule has 0 aliphatic carbocycles. The molecule has 3 rings (SSSR count). The number of hydrogen-bond donors (Lipinski definition) is 0. The molecule has 1 aliphatic rings. The maximum absolute atomic E-state index is 12.8. The van der Waals surface area contributed by atoms with Crippen LogP contribution in [0, 0.1) is 6.92 Å². The van der Waals surface area contributed by atoms with Gasteiger partial charge in [-0.05, 0) is 48.6 Å². The second-order valence-electron chi connectivity index (χ2n) is 6.36. The zero-order valence-corrected chi connectivity index (χ0v) is 16.7. The van der Waals surface area contributed by atoms with Gasteiger partial charge in [0.25, 0.3) is 5.91 Å². The Bertz CT molecular complexity index is 881. The van der Waals surface area contributed by atoms with E-state index in [4.69, 9.17) is 16.3 Å². The van der Waals surface area contributed by atoms with Crippen LogP contribution >= 0.6 is 22.9 Å². The zero-order chi connectivity index (χ0) is 18.7. The van der Waals surface area contributed by atoms with Crippen molar-refractivity contribution in [2.45, 2.75) is 25.9 Å². The summed E-state index contributed by atoms with van der Waals surface area (Å²) < 4.78 is 29.4. The number of aryl methyl sites for hydroxylation is 1. The lowest BCUT2D eigenvalue weighted by Gasteiger charge is -2.28. The van der Waals surface area contributed by atoms with E-state index >= 15 is 0 Å². The number of carbonyl (C=O) groups is 1. The van der Waals surface area contributed by atoms with Gasteiger partial charge < -0.3 is 9.64 Å². The molecule has 1 amide bonds. The molecule has 0 bridgehead atoms. The first-order valence-corrected chi connectivity index (χ1v) is 11.3. The van der Waals surface area contributed by atoms with Crippen molar-refractivity contribution in [1.29, 1.82) is 0 Å². The molecule has 1 atom stereocenters. The molecule has 0 unspecified atom stereocenters. The van der Waals surface area contributed by atoms with Gasteiger partial charge in [0, 0.05) is 15.9 Å². The highest BCUT2D eigenvalue weighted by atomic mass is 35.5. The van der Waals surface area contributed by atoms with Crippen LogP contribution in [-0.4, -0.2) is 43.4 Å². The van der Waals surface area contributed by atoms with Crippen LogP contribution in [0.4, 0.5) is 0 Å². The highest BCUT2D eigenvalue weighted by Gasteiger charge is 2.35. The van der Waals surface area contributed by atoms with Crippen molar-refractivity contribution in [1.82, 2.24) is 4.90 Å². The summed E-state index contributed by atoms with van der Waals surface area (Å²) in [5, 5.41) is 2.55. The number of carbonyl (C=O) groups excluding carboxylic acids is 1. The molecule has 2 aromatic rings. The summed E-state index contributed by atoms with van der Waals surface area (Å²) in [7, 11) is -3.08. The molecule has 1 saturated heterocycles. The summed E-state index contributed by atoms with van der Waals surface area (Å²) in [6.07, 6.45) is 0.472. The predicted molar refractivity (Wildman–Crippen MR) is 104 cm³/mol. The largest absolute Gasteiger partial charge is 0.483 e. The van der Waals surface area contributed by atoms with Crippen molar-refractivity contribution >= 4 is 38.7 Å². The Balaban J connectivity index is 1.71. The minimum atomic E-state index is -3.08. The van der Waals surface area contributed by atoms with E-state index in [2.05, 4.69) is 0 Å². The quantitative estimate of drug-likeness (QED) is 0.728. The summed E-state index contributed by atoms with van der Waals surface area (Å²) in [5.41, 5.74) is 0.846. The van der Waals surface area contributed by atoms with E-state index in [0.717, 1.165) is 10.4 Å². The topological polar surface area (TPSA) is 63.7 Å². The molecule has 0 spiro atoms. The van der Waals surface area contributed by atoms with Gasteiger partial charge in [-0.25, -0.2) is 8.42 Å². The first-order chi connectivity index (χ1) is 12.3. The molecule has 2 heterocycles. The van der Waals surface area contributed by atoms with Gasteiger partial charge in [-0.2, -0.15) is 0 Å². The van der Waals surface area contributed by atoms with Crippen LogP contribution in [0.1, 0.15) is 16.9 Å². The second-order valence-corrected chi connectivity index (χ2v) is 10.1. The van der Waals surface area contributed by atoms with Crippen molar-refractivity contribution < 1.29 is 17.9 Å². The molecular formula is C18H20ClNO4S2. The number of thiophene rings is 1. The van der Waals surface area contributed by atoms with E-state index in [1.807, 2.05) is 24.4 Å². The summed E-state index contributed by atoms with van der Waals surface area (Å²) in [4.78, 5) is 15.5. The highest BCUT2D eigenvalue weighted by Crippen LogP contribution is 2.24. The molecule has 26 heavy (non-hydrogen) atoms. The Hall–Kier alpha value is -1.57. The van der Waals surface area contributed by atoms with Crippen molar-refractivity contribution in [3.8, 4) is 5.75 Å². The smallest absolute Gasteiger partial charge is 0.261 e. The fourth-order valence-corrected chi connectivity index (χ4v) is 5.67. The van der Waals surface area contributed by atoms with Gasteiger partial charge in [0.1, 0.15) is 5.75 Å². The second kappa shape index (κ2) is 7.98. The average molecular weight is 414 g/mol. The van der Waals surface area contributed by atoms with Crippen LogP contribution in [0.15, 0.2) is 35.7 Å². The Kier molecular flexibility index (Phi) is 5.89. The van der Waals surface area contributed by atoms with Crippen LogP contribution in [0.3, 0.4) is 0 Å². The van der Waals surface area contributed by atoms with E-state index in [1.165, 1.54) is 0 Å². The number of rotatable bonds is 6. The Morgan fingerprint density at radius 3 is 2.81 bits per heavy atom. The normalized spacial score (nSPS) is 18.6. The lowest BCUT2D eigenvalue weighted by molar-refractivity contribution is -0.135. The van der Waals surface area contributed by atoms with Crippen molar-refractivity contribution in [2.75, 3.05) is 18.1 Å². The molecule has 5 nitrogen and oxygen atoms in total. The fourth-order valence-electron chi connectivity index (χ4n) is 3.01. The first-order valence-electron chi connectivity index (χ1n) is 8.25. The fraction of sp³-hybridized carbons (Fsp3) is 0.389. The first kappa shape index (κ1) is 19.2. The number of nitrogens with zero attached hydrogens (tertiary/aromatic N) is 1. The van der Waals surface area contributed by atoms with Gasteiger partial charge in [-0.15, -0.1) is 11.3 Å². The van der Waals surface area contributed by atoms with E-state index in [0.29, 0.717) is 23.7 Å². The third kappa shape index (κ3) is 4.78. The molecule has 0 saturated carbocycles. The standard InChI is InChI=1S/C18H20ClNO4S2/c1-13-9-14(19)4-5-17(13)24-11-18(21)20(10-16-3-2-7-25-16)15-6-8-26(22,23)12-15/h2-5,7,9,15H,6,8,10-12H2,1H3/t15-/m1/s1. The molecule has 1 fully saturated rings. The highest BCUT2D eigenvalue weighted by molar-refractivity contribution is 7.91. The van der Waals surface area contributed by atoms with Crippen molar-refractivity contribution in [3.63, 3.8) is 0 Å². The molecule has 1 aromatic heterocycles. The minimum Gasteiger partial charge on any atom is -0.483 e. The molecule has 1 aliphatic heterocycles. The van der Waals surface area contributed by atoms with Crippen LogP contribution in [0.25, 0.3) is 0 Å². The average Bonchev–Trinajstić information content (AvgIpc) is 3.20. The summed E-state index contributed by atoms with van der Waals surface area (Å²) in [6.45, 7) is 2.13. The Morgan fingerprint density at radius 2 is 2.19 bits per heavy atom. The maximum Gasteiger partial charge on any atom is 0.261 e. The van der Waals surface area contributed by atoms with Gasteiger partial charge in [-0.1, -0.05) is 17.7 Å². The van der Waals surface area contributed by atoms with Crippen LogP contribution in [0.5, 0.6) is 5.75 Å². The maximum atomic E-state index is 12.8. The monoisotopic (exact) mass is 413 g/mol. The van der Waals surface area contributed by atoms with Crippen LogP contribution in [-0.2, 0) is 21.2 Å². The molecule has 0 N–H and O–H groups in total. The lowest BCUT2D eigenvalue weighted by Crippen LogP contribution is -2.42. The zero-order valence-electron chi connectivity index (χ0n) is 14.4. The summed E-state index contributed by atoms with van der Waals surface area (Å²) in [5.74, 6) is 0.528. The molecule has 8 heteroatoms. The summed E-state index contributed by atoms with van der Waals surface area (Å²) in [6, 6.07) is 8.77. The molecule has 0 radical (unpaired) electrons. The minimum absolute atomic E-state index is 0.0179. The van der Waals surface area contributed by atoms with E-state index in [-0.39, 0.29) is 30.1 Å². The van der Waals surface area contributed by atoms with Crippen LogP contribution < -0.4 is 4.74 Å². The number of sulfone groups is 1. The van der Waals surface area contributed by atoms with Crippen molar-refractivity contribution in [2.24, 2.45) is 0 Å². The van der Waals surface area contributed by atoms with Gasteiger partial charge in [-0.3, -0.25) is 4.79 Å². The molecular weight excluding hydrogens is 394 g/mol. The van der Waals surface area contributed by atoms with Gasteiger partial charge >= 0.3 is 0 Å². The molecule has 140 valence electrons. The Labute approximate surface area is 162 Å². The summed E-state index contributed by atoms with van der Waals surface area (Å²) >= 11 is 7.48. The van der Waals surface area contributed by atoms with E-state index in [9.17, 15) is 13.2 Å². The Morgan fingerprint density at radius 1 is 1.38 bits per heavy atom. The third-order valence-corrected chi connectivity index (χ3v) is 7.21. The van der Waals surface area contributed by atoms with Gasteiger partial charge in [0.15, 0.2) is 16.4 Å². The SMILES string of the molecule is Cc1cc(Cl)ccc1OCC(=O)N(Cc1cccs1)[C@@H]1CCS(=O)(=O)C1. The number of benzene rings is 1. The van der Waals surface area contributed by atoms with Crippen molar-refractivity contribution in [3.05, 3.63) is 51.2 Å². The van der Waals surface area contributed by atoms with Gasteiger partial charge in [0.05, 0.1) is 18.1 Å². The third-order valence-electron chi connectivity index (χ3n) is 4.36. The number of amides is 1. The number of hydrogen-bond acceptors (Lipinski definition) is 5. The number of halogens is 1. The van der Waals surface area contributed by atoms with E-state index < -0.39 is 9.84 Å². The lowest BCUT2D eigenvalue weighted by atomic mass is 10.2. The molecule has 1 aromatic carbocycles. The van der Waals surface area contributed by atoms with Crippen LogP contribution in [0.2, 0.25) is 5.02 Å². The predicted octanol–water partition coefficient (Wildman–Crippen LogP) is 3.30. The van der Waals surface area contributed by atoms with E-state index in [1.54, 1.807) is 34.4 Å². The van der Waals surface area contributed by atoms with Gasteiger partial charge in [0.2, 0.25) is 0 Å².